The quantitative estimate of drug-likeness (QED) is 0.831. The molecule has 1 fully saturated rings. The minimum Gasteiger partial charge on any atom is -0.493 e. The molecule has 116 valence electrons. The van der Waals surface area contributed by atoms with Gasteiger partial charge in [0.1, 0.15) is 11.3 Å². The van der Waals surface area contributed by atoms with Crippen molar-refractivity contribution < 1.29 is 14.6 Å². The Balaban J connectivity index is 2.14. The van der Waals surface area contributed by atoms with E-state index in [-0.39, 0.29) is 17.9 Å². The molecule has 1 unspecified atom stereocenters. The van der Waals surface area contributed by atoms with Gasteiger partial charge in [0.05, 0.1) is 12.7 Å². The van der Waals surface area contributed by atoms with Crippen LogP contribution in [0.2, 0.25) is 0 Å². The highest BCUT2D eigenvalue weighted by atomic mass is 16.5. The number of hydrogen-bond acceptors (Lipinski definition) is 4. The van der Waals surface area contributed by atoms with Gasteiger partial charge in [0.25, 0.3) is 5.91 Å². The molecule has 0 spiro atoms. The van der Waals surface area contributed by atoms with Gasteiger partial charge in [0.15, 0.2) is 0 Å². The Kier molecular flexibility index (Phi) is 5.07. The predicted octanol–water partition coefficient (Wildman–Crippen LogP) is 1.90. The summed E-state index contributed by atoms with van der Waals surface area (Å²) in [5.74, 6) is 0.731. The minimum absolute atomic E-state index is 0.0828. The number of anilines is 1. The van der Waals surface area contributed by atoms with Crippen molar-refractivity contribution in [2.24, 2.45) is 5.92 Å². The largest absolute Gasteiger partial charge is 0.493 e. The van der Waals surface area contributed by atoms with Gasteiger partial charge in [-0.05, 0) is 44.7 Å². The predicted molar refractivity (Wildman–Crippen MR) is 82.3 cm³/mol. The zero-order valence-electron chi connectivity index (χ0n) is 12.7. The Bertz CT molecular complexity index is 494. The second kappa shape index (κ2) is 6.80. The maximum atomic E-state index is 12.7. The van der Waals surface area contributed by atoms with Gasteiger partial charge in [-0.15, -0.1) is 0 Å². The molecule has 0 bridgehead atoms. The zero-order chi connectivity index (χ0) is 15.4. The van der Waals surface area contributed by atoms with Crippen LogP contribution < -0.4 is 10.5 Å². The van der Waals surface area contributed by atoms with Crippen LogP contribution in [0.15, 0.2) is 18.2 Å². The van der Waals surface area contributed by atoms with Crippen LogP contribution in [0, 0.1) is 5.92 Å². The number of ether oxygens (including phenoxy) is 1. The molecule has 1 saturated heterocycles. The summed E-state index contributed by atoms with van der Waals surface area (Å²) in [7, 11) is 0. The van der Waals surface area contributed by atoms with E-state index in [4.69, 9.17) is 10.5 Å². The second-order valence-corrected chi connectivity index (χ2v) is 5.52. The van der Waals surface area contributed by atoms with Crippen LogP contribution in [-0.2, 0) is 0 Å². The van der Waals surface area contributed by atoms with Crippen molar-refractivity contribution in [2.45, 2.75) is 32.8 Å². The number of piperidine rings is 1. The maximum Gasteiger partial charge on any atom is 0.259 e. The van der Waals surface area contributed by atoms with Crippen LogP contribution in [0.5, 0.6) is 5.75 Å². The number of nitrogen functional groups attached to an aromatic ring is 1. The van der Waals surface area contributed by atoms with Crippen LogP contribution >= 0.6 is 0 Å². The first-order chi connectivity index (χ1) is 10.0. The molecule has 1 aliphatic rings. The highest BCUT2D eigenvalue weighted by Gasteiger charge is 2.28. The lowest BCUT2D eigenvalue weighted by atomic mass is 9.92. The molecule has 1 aliphatic heterocycles. The molecule has 21 heavy (non-hydrogen) atoms. The van der Waals surface area contributed by atoms with E-state index in [0.29, 0.717) is 36.7 Å². The van der Waals surface area contributed by atoms with Crippen LogP contribution in [0.4, 0.5) is 5.69 Å². The van der Waals surface area contributed by atoms with Crippen molar-refractivity contribution in [1.82, 2.24) is 4.90 Å². The van der Waals surface area contributed by atoms with E-state index >= 15 is 0 Å². The Labute approximate surface area is 125 Å². The molecule has 5 heteroatoms. The highest BCUT2D eigenvalue weighted by Crippen LogP contribution is 2.28. The normalized spacial score (nSPS) is 17.6. The van der Waals surface area contributed by atoms with E-state index in [1.54, 1.807) is 23.1 Å². The maximum absolute atomic E-state index is 12.7. The summed E-state index contributed by atoms with van der Waals surface area (Å²) in [6.07, 6.45) is 1.32. The number of aliphatic hydroxyl groups excluding tert-OH is 1. The number of carbonyl (C=O) groups excluding carboxylic acids is 1. The molecule has 0 aromatic heterocycles. The Morgan fingerprint density at radius 3 is 2.71 bits per heavy atom. The van der Waals surface area contributed by atoms with Crippen LogP contribution in [0.1, 0.15) is 37.0 Å². The highest BCUT2D eigenvalue weighted by molar-refractivity contribution is 6.01. The average Bonchev–Trinajstić information content (AvgIpc) is 2.47. The monoisotopic (exact) mass is 292 g/mol. The van der Waals surface area contributed by atoms with Gasteiger partial charge < -0.3 is 20.5 Å². The van der Waals surface area contributed by atoms with Crippen molar-refractivity contribution in [3.63, 3.8) is 0 Å². The van der Waals surface area contributed by atoms with Crippen molar-refractivity contribution >= 4 is 11.6 Å². The third-order valence-corrected chi connectivity index (χ3v) is 4.08. The molecule has 0 aliphatic carbocycles. The molecular formula is C16H24N2O3. The van der Waals surface area contributed by atoms with Gasteiger partial charge in [-0.3, -0.25) is 4.79 Å². The molecule has 1 atom stereocenters. The van der Waals surface area contributed by atoms with Crippen molar-refractivity contribution in [3.05, 3.63) is 23.8 Å². The topological polar surface area (TPSA) is 75.8 Å². The molecule has 1 aromatic carbocycles. The summed E-state index contributed by atoms with van der Waals surface area (Å²) in [6, 6.07) is 5.28. The first kappa shape index (κ1) is 15.6. The summed E-state index contributed by atoms with van der Waals surface area (Å²) >= 11 is 0. The van der Waals surface area contributed by atoms with Crippen LogP contribution in [0.25, 0.3) is 0 Å². The molecule has 0 radical (unpaired) electrons. The standard InChI is InChI=1S/C16H24N2O3/c1-3-21-14-6-4-5-13(17)15(14)16(20)18-9-7-12(8-10-18)11(2)19/h4-6,11-12,19H,3,7-10,17H2,1-2H3. The lowest BCUT2D eigenvalue weighted by Gasteiger charge is -2.33. The Morgan fingerprint density at radius 2 is 2.14 bits per heavy atom. The Morgan fingerprint density at radius 1 is 1.48 bits per heavy atom. The van der Waals surface area contributed by atoms with Gasteiger partial charge in [-0.25, -0.2) is 0 Å². The Hall–Kier alpha value is -1.75. The number of rotatable bonds is 4. The first-order valence-corrected chi connectivity index (χ1v) is 7.53. The lowest BCUT2D eigenvalue weighted by molar-refractivity contribution is 0.0519. The van der Waals surface area contributed by atoms with E-state index in [0.717, 1.165) is 12.8 Å². The number of likely N-dealkylation sites (tertiary alicyclic amines) is 1. The second-order valence-electron chi connectivity index (χ2n) is 5.52. The molecular weight excluding hydrogens is 268 g/mol. The third-order valence-electron chi connectivity index (χ3n) is 4.08. The zero-order valence-corrected chi connectivity index (χ0v) is 12.7. The fourth-order valence-corrected chi connectivity index (χ4v) is 2.80. The number of nitrogens with zero attached hydrogens (tertiary/aromatic N) is 1. The summed E-state index contributed by atoms with van der Waals surface area (Å²) < 4.78 is 5.52. The number of aliphatic hydroxyl groups is 1. The van der Waals surface area contributed by atoms with E-state index in [1.807, 2.05) is 13.8 Å². The smallest absolute Gasteiger partial charge is 0.259 e. The van der Waals surface area contributed by atoms with Crippen LogP contribution in [0.3, 0.4) is 0 Å². The van der Waals surface area contributed by atoms with Crippen LogP contribution in [-0.4, -0.2) is 41.7 Å². The van der Waals surface area contributed by atoms with Gasteiger partial charge in [0.2, 0.25) is 0 Å². The number of benzene rings is 1. The van der Waals surface area contributed by atoms with E-state index in [2.05, 4.69) is 0 Å². The number of carbonyl (C=O) groups is 1. The molecule has 5 nitrogen and oxygen atoms in total. The molecule has 1 aromatic rings. The van der Waals surface area contributed by atoms with Crippen molar-refractivity contribution in [2.75, 3.05) is 25.4 Å². The fraction of sp³-hybridized carbons (Fsp3) is 0.562. The van der Waals surface area contributed by atoms with E-state index in [1.165, 1.54) is 0 Å². The van der Waals surface area contributed by atoms with Crippen molar-refractivity contribution in [1.29, 1.82) is 0 Å². The number of nitrogens with two attached hydrogens (primary N) is 1. The number of amides is 1. The average molecular weight is 292 g/mol. The third kappa shape index (κ3) is 3.47. The lowest BCUT2D eigenvalue weighted by Crippen LogP contribution is -2.41. The summed E-state index contributed by atoms with van der Waals surface area (Å²) in [4.78, 5) is 14.5. The molecule has 3 N–H and O–H groups in total. The summed E-state index contributed by atoms with van der Waals surface area (Å²) in [5, 5.41) is 9.63. The van der Waals surface area contributed by atoms with E-state index in [9.17, 15) is 9.90 Å². The summed E-state index contributed by atoms with van der Waals surface area (Å²) in [6.45, 7) is 5.48. The van der Waals surface area contributed by atoms with Gasteiger partial charge in [0, 0.05) is 18.8 Å². The van der Waals surface area contributed by atoms with Gasteiger partial charge in [-0.2, -0.15) is 0 Å². The SMILES string of the molecule is CCOc1cccc(N)c1C(=O)N1CCC(C(C)O)CC1. The molecule has 1 heterocycles. The van der Waals surface area contributed by atoms with Crippen molar-refractivity contribution in [3.8, 4) is 5.75 Å². The molecule has 1 amide bonds. The van der Waals surface area contributed by atoms with Gasteiger partial charge >= 0.3 is 0 Å². The summed E-state index contributed by atoms with van der Waals surface area (Å²) in [5.41, 5.74) is 6.87. The first-order valence-electron chi connectivity index (χ1n) is 7.53. The van der Waals surface area contributed by atoms with E-state index < -0.39 is 0 Å². The minimum atomic E-state index is -0.317. The van der Waals surface area contributed by atoms with Gasteiger partial charge in [-0.1, -0.05) is 6.07 Å². The molecule has 2 rings (SSSR count). The molecule has 0 saturated carbocycles. The fourth-order valence-electron chi connectivity index (χ4n) is 2.80. The number of hydrogen-bond donors (Lipinski definition) is 2.